The number of sulfonamides is 1. The van der Waals surface area contributed by atoms with Crippen LogP contribution in [-0.2, 0) is 19.6 Å². The number of carbonyl (C=O) groups is 2. The van der Waals surface area contributed by atoms with Crippen LogP contribution in [0.25, 0.3) is 0 Å². The fourth-order valence-electron chi connectivity index (χ4n) is 2.39. The van der Waals surface area contributed by atoms with Crippen molar-refractivity contribution in [1.82, 2.24) is 4.72 Å². The minimum Gasteiger partial charge on any atom is -0.452 e. The highest BCUT2D eigenvalue weighted by molar-refractivity contribution is 9.10. The first-order valence-electron chi connectivity index (χ1n) is 8.74. The maximum atomic E-state index is 12.5. The lowest BCUT2D eigenvalue weighted by Gasteiger charge is -2.20. The van der Waals surface area contributed by atoms with Crippen molar-refractivity contribution < 1.29 is 22.7 Å². The summed E-state index contributed by atoms with van der Waals surface area (Å²) in [4.78, 5) is 24.4. The predicted octanol–water partition coefficient (Wildman–Crippen LogP) is 3.63. The first kappa shape index (κ1) is 23.1. The van der Waals surface area contributed by atoms with Crippen LogP contribution in [0.1, 0.15) is 36.7 Å². The van der Waals surface area contributed by atoms with Crippen LogP contribution in [0, 0.1) is 6.92 Å². The number of amides is 1. The van der Waals surface area contributed by atoms with Gasteiger partial charge >= 0.3 is 5.97 Å². The molecule has 2 rings (SSSR count). The number of halogens is 1. The van der Waals surface area contributed by atoms with Gasteiger partial charge in [0.05, 0.1) is 10.5 Å². The van der Waals surface area contributed by atoms with Gasteiger partial charge in [-0.25, -0.2) is 17.9 Å². The summed E-state index contributed by atoms with van der Waals surface area (Å²) in [6.07, 6.45) is 0. The van der Waals surface area contributed by atoms with Gasteiger partial charge in [0.15, 0.2) is 6.61 Å². The van der Waals surface area contributed by atoms with Gasteiger partial charge < -0.3 is 10.1 Å². The Bertz CT molecular complexity index is 1010. The van der Waals surface area contributed by atoms with E-state index in [-0.39, 0.29) is 10.5 Å². The third kappa shape index (κ3) is 6.95. The van der Waals surface area contributed by atoms with Crippen LogP contribution in [0.4, 0.5) is 5.69 Å². The van der Waals surface area contributed by atoms with Crippen LogP contribution in [0.15, 0.2) is 51.8 Å². The number of hydrogen-bond acceptors (Lipinski definition) is 5. The Balaban J connectivity index is 2.08. The fourth-order valence-corrected chi connectivity index (χ4v) is 4.10. The largest absolute Gasteiger partial charge is 0.452 e. The minimum atomic E-state index is -3.81. The van der Waals surface area contributed by atoms with Crippen molar-refractivity contribution in [2.24, 2.45) is 0 Å². The molecule has 0 saturated heterocycles. The normalized spacial score (nSPS) is 11.8. The summed E-state index contributed by atoms with van der Waals surface area (Å²) in [6, 6.07) is 11.1. The molecule has 0 aliphatic carbocycles. The summed E-state index contributed by atoms with van der Waals surface area (Å²) in [7, 11) is -3.81. The molecule has 0 radical (unpaired) electrons. The molecule has 0 saturated carbocycles. The molecule has 9 heteroatoms. The molecular weight excluding hydrogens is 460 g/mol. The van der Waals surface area contributed by atoms with Gasteiger partial charge in [-0.15, -0.1) is 0 Å². The van der Waals surface area contributed by atoms with Gasteiger partial charge in [-0.05, 0) is 69.7 Å². The highest BCUT2D eigenvalue weighted by Crippen LogP contribution is 2.19. The zero-order valence-corrected chi connectivity index (χ0v) is 19.0. The number of esters is 1. The van der Waals surface area contributed by atoms with E-state index in [1.165, 1.54) is 18.2 Å². The third-order valence-corrected chi connectivity index (χ3v) is 5.93. The van der Waals surface area contributed by atoms with Crippen LogP contribution < -0.4 is 10.0 Å². The number of carbonyl (C=O) groups excluding carboxylic acids is 2. The first-order chi connectivity index (χ1) is 13.4. The summed E-state index contributed by atoms with van der Waals surface area (Å²) >= 11 is 3.30. The maximum Gasteiger partial charge on any atom is 0.338 e. The number of aryl methyl sites for hydroxylation is 1. The average Bonchev–Trinajstić information content (AvgIpc) is 2.60. The van der Waals surface area contributed by atoms with E-state index in [2.05, 4.69) is 26.0 Å². The minimum absolute atomic E-state index is 0.0516. The Labute approximate surface area is 179 Å². The maximum absolute atomic E-state index is 12.5. The van der Waals surface area contributed by atoms with Gasteiger partial charge in [-0.3, -0.25) is 4.79 Å². The number of rotatable bonds is 6. The van der Waals surface area contributed by atoms with Gasteiger partial charge in [-0.1, -0.05) is 22.0 Å². The van der Waals surface area contributed by atoms with Crippen LogP contribution >= 0.6 is 15.9 Å². The second-order valence-corrected chi connectivity index (χ2v) is 10.1. The van der Waals surface area contributed by atoms with Gasteiger partial charge in [0, 0.05) is 15.7 Å². The standard InChI is InChI=1S/C20H23BrN2O5S/c1-13-5-10-16(29(26,27)23-20(2,3)4)11-17(13)19(25)28-12-18(24)22-15-8-6-14(21)7-9-15/h5-11,23H,12H2,1-4H3,(H,22,24). The summed E-state index contributed by atoms with van der Waals surface area (Å²) in [5.41, 5.74) is 0.512. The monoisotopic (exact) mass is 482 g/mol. The van der Waals surface area contributed by atoms with Crippen molar-refractivity contribution in [2.75, 3.05) is 11.9 Å². The molecule has 1 amide bonds. The second-order valence-electron chi connectivity index (χ2n) is 7.46. The lowest BCUT2D eigenvalue weighted by atomic mass is 10.1. The van der Waals surface area contributed by atoms with Gasteiger partial charge in [0.25, 0.3) is 5.91 Å². The molecule has 0 fully saturated rings. The van der Waals surface area contributed by atoms with Gasteiger partial charge in [-0.2, -0.15) is 0 Å². The molecule has 7 nitrogen and oxygen atoms in total. The number of hydrogen-bond donors (Lipinski definition) is 2. The van der Waals surface area contributed by atoms with Crippen molar-refractivity contribution in [3.8, 4) is 0 Å². The Morgan fingerprint density at radius 1 is 1.07 bits per heavy atom. The van der Waals surface area contributed by atoms with Crippen molar-refractivity contribution >= 4 is 43.5 Å². The van der Waals surface area contributed by atoms with E-state index < -0.39 is 34.0 Å². The van der Waals surface area contributed by atoms with E-state index in [1.807, 2.05) is 0 Å². The Morgan fingerprint density at radius 3 is 2.28 bits per heavy atom. The smallest absolute Gasteiger partial charge is 0.338 e. The molecule has 0 aromatic heterocycles. The van der Waals surface area contributed by atoms with E-state index in [9.17, 15) is 18.0 Å². The van der Waals surface area contributed by atoms with Crippen LogP contribution in [0.5, 0.6) is 0 Å². The number of benzene rings is 2. The lowest BCUT2D eigenvalue weighted by molar-refractivity contribution is -0.119. The molecule has 0 aliphatic heterocycles. The van der Waals surface area contributed by atoms with E-state index in [4.69, 9.17) is 4.74 Å². The van der Waals surface area contributed by atoms with E-state index in [0.29, 0.717) is 11.3 Å². The van der Waals surface area contributed by atoms with E-state index >= 15 is 0 Å². The third-order valence-electron chi connectivity index (χ3n) is 3.64. The zero-order chi connectivity index (χ0) is 21.8. The van der Waals surface area contributed by atoms with E-state index in [0.717, 1.165) is 4.47 Å². The molecule has 2 aromatic rings. The first-order valence-corrected chi connectivity index (χ1v) is 11.0. The lowest BCUT2D eigenvalue weighted by Crippen LogP contribution is -2.40. The Hall–Kier alpha value is -2.23. The fraction of sp³-hybridized carbons (Fsp3) is 0.300. The highest BCUT2D eigenvalue weighted by Gasteiger charge is 2.24. The number of anilines is 1. The number of nitrogens with one attached hydrogen (secondary N) is 2. The number of ether oxygens (including phenoxy) is 1. The van der Waals surface area contributed by atoms with Crippen molar-refractivity contribution in [1.29, 1.82) is 0 Å². The predicted molar refractivity (Wildman–Crippen MR) is 114 cm³/mol. The topological polar surface area (TPSA) is 102 Å². The van der Waals surface area contributed by atoms with Crippen molar-refractivity contribution in [3.05, 3.63) is 58.1 Å². The van der Waals surface area contributed by atoms with Crippen LogP contribution in [0.3, 0.4) is 0 Å². The SMILES string of the molecule is Cc1ccc(S(=O)(=O)NC(C)(C)C)cc1C(=O)OCC(=O)Nc1ccc(Br)cc1. The van der Waals surface area contributed by atoms with E-state index in [1.54, 1.807) is 52.0 Å². The quantitative estimate of drug-likeness (QED) is 0.612. The summed E-state index contributed by atoms with van der Waals surface area (Å²) < 4.78 is 33.5. The summed E-state index contributed by atoms with van der Waals surface area (Å²) in [6.45, 7) is 6.32. The van der Waals surface area contributed by atoms with Gasteiger partial charge in [0.1, 0.15) is 0 Å². The molecule has 2 aromatic carbocycles. The van der Waals surface area contributed by atoms with Crippen molar-refractivity contribution in [2.45, 2.75) is 38.1 Å². The summed E-state index contributed by atoms with van der Waals surface area (Å²) in [5, 5.41) is 2.61. The molecule has 2 N–H and O–H groups in total. The second kappa shape index (κ2) is 9.06. The average molecular weight is 483 g/mol. The molecule has 0 spiro atoms. The molecule has 0 aliphatic rings. The Kier molecular flexibility index (Phi) is 7.20. The molecule has 29 heavy (non-hydrogen) atoms. The molecular formula is C20H23BrN2O5S. The van der Waals surface area contributed by atoms with Crippen molar-refractivity contribution in [3.63, 3.8) is 0 Å². The Morgan fingerprint density at radius 2 is 1.69 bits per heavy atom. The van der Waals surface area contributed by atoms with Crippen LogP contribution in [-0.4, -0.2) is 32.4 Å². The van der Waals surface area contributed by atoms with Gasteiger partial charge in [0.2, 0.25) is 10.0 Å². The molecule has 156 valence electrons. The van der Waals surface area contributed by atoms with Crippen LogP contribution in [0.2, 0.25) is 0 Å². The highest BCUT2D eigenvalue weighted by atomic mass is 79.9. The molecule has 0 heterocycles. The molecule has 0 atom stereocenters. The molecule has 0 unspecified atom stereocenters. The zero-order valence-electron chi connectivity index (χ0n) is 16.6. The molecule has 0 bridgehead atoms. The summed E-state index contributed by atoms with van der Waals surface area (Å²) in [5.74, 6) is -1.28.